The molecule has 1 N–H and O–H groups in total. The van der Waals surface area contributed by atoms with Crippen molar-refractivity contribution in [2.45, 2.75) is 6.18 Å². The SMILES string of the molecule is COC(=O)c1ccccc1NC(=O)c1scnc1C(F)(F)F. The largest absolute Gasteiger partial charge is 0.465 e. The van der Waals surface area contributed by atoms with Crippen molar-refractivity contribution < 1.29 is 27.5 Å². The van der Waals surface area contributed by atoms with Gasteiger partial charge in [-0.15, -0.1) is 11.3 Å². The van der Waals surface area contributed by atoms with E-state index in [0.717, 1.165) is 12.6 Å². The van der Waals surface area contributed by atoms with Gasteiger partial charge in [0.05, 0.1) is 23.9 Å². The number of anilines is 1. The van der Waals surface area contributed by atoms with Crippen LogP contribution in [0.5, 0.6) is 0 Å². The van der Waals surface area contributed by atoms with E-state index in [1.165, 1.54) is 24.3 Å². The van der Waals surface area contributed by atoms with Crippen LogP contribution in [0, 0.1) is 0 Å². The van der Waals surface area contributed by atoms with Crippen molar-refractivity contribution in [1.82, 2.24) is 4.98 Å². The number of rotatable bonds is 3. The van der Waals surface area contributed by atoms with Gasteiger partial charge in [0.1, 0.15) is 4.88 Å². The lowest BCUT2D eigenvalue weighted by atomic mass is 10.1. The Morgan fingerprint density at radius 2 is 1.95 bits per heavy atom. The molecule has 1 aromatic carbocycles. The molecule has 0 saturated carbocycles. The van der Waals surface area contributed by atoms with Gasteiger partial charge in [-0.1, -0.05) is 12.1 Å². The molecule has 1 heterocycles. The second kappa shape index (κ2) is 6.14. The number of hydrogen-bond acceptors (Lipinski definition) is 5. The summed E-state index contributed by atoms with van der Waals surface area (Å²) in [6, 6.07) is 5.84. The van der Waals surface area contributed by atoms with Crippen LogP contribution < -0.4 is 5.32 Å². The standard InChI is InChI=1S/C13H9F3N2O3S/c1-21-12(20)7-4-2-3-5-8(7)18-11(19)9-10(13(14,15)16)17-6-22-9/h2-6H,1H3,(H,18,19). The molecular weight excluding hydrogens is 321 g/mol. The summed E-state index contributed by atoms with van der Waals surface area (Å²) >= 11 is 0.564. The number of methoxy groups -OCH3 is 1. The monoisotopic (exact) mass is 330 g/mol. The van der Waals surface area contributed by atoms with Crippen molar-refractivity contribution in [3.63, 3.8) is 0 Å². The summed E-state index contributed by atoms with van der Waals surface area (Å²) in [5, 5.41) is 2.27. The van der Waals surface area contributed by atoms with Crippen LogP contribution in [0.25, 0.3) is 0 Å². The zero-order valence-electron chi connectivity index (χ0n) is 11.1. The Kier molecular flexibility index (Phi) is 4.45. The number of para-hydroxylation sites is 1. The van der Waals surface area contributed by atoms with Crippen molar-refractivity contribution in [3.05, 3.63) is 45.9 Å². The molecule has 0 radical (unpaired) electrons. The van der Waals surface area contributed by atoms with Crippen LogP contribution in [0.3, 0.4) is 0 Å². The first-order valence-corrected chi connectivity index (χ1v) is 6.72. The lowest BCUT2D eigenvalue weighted by molar-refractivity contribution is -0.141. The van der Waals surface area contributed by atoms with Crippen LogP contribution in [0.2, 0.25) is 0 Å². The van der Waals surface area contributed by atoms with E-state index in [1.807, 2.05) is 0 Å². The van der Waals surface area contributed by atoms with E-state index in [-0.39, 0.29) is 11.3 Å². The van der Waals surface area contributed by atoms with E-state index >= 15 is 0 Å². The maximum atomic E-state index is 12.7. The van der Waals surface area contributed by atoms with Crippen molar-refractivity contribution in [3.8, 4) is 0 Å². The Bertz CT molecular complexity index is 713. The molecular formula is C13H9F3N2O3S. The van der Waals surface area contributed by atoms with Gasteiger partial charge in [-0.2, -0.15) is 13.2 Å². The lowest BCUT2D eigenvalue weighted by Gasteiger charge is -2.10. The molecule has 0 aliphatic heterocycles. The normalized spacial score (nSPS) is 11.1. The van der Waals surface area contributed by atoms with Crippen molar-refractivity contribution in [2.75, 3.05) is 12.4 Å². The highest BCUT2D eigenvalue weighted by Gasteiger charge is 2.38. The first kappa shape index (κ1) is 16.0. The number of carbonyl (C=O) groups is 2. The summed E-state index contributed by atoms with van der Waals surface area (Å²) in [5.74, 6) is -1.71. The van der Waals surface area contributed by atoms with Gasteiger partial charge in [-0.3, -0.25) is 4.79 Å². The second-order valence-corrected chi connectivity index (χ2v) is 4.87. The zero-order valence-corrected chi connectivity index (χ0v) is 11.9. The summed E-state index contributed by atoms with van der Waals surface area (Å²) in [6.07, 6.45) is -4.73. The first-order valence-electron chi connectivity index (χ1n) is 5.84. The zero-order chi connectivity index (χ0) is 16.3. The molecule has 0 unspecified atom stereocenters. The fourth-order valence-corrected chi connectivity index (χ4v) is 2.37. The number of amides is 1. The van der Waals surface area contributed by atoms with Gasteiger partial charge < -0.3 is 10.1 Å². The van der Waals surface area contributed by atoms with Gasteiger partial charge in [-0.05, 0) is 12.1 Å². The molecule has 1 amide bonds. The smallest absolute Gasteiger partial charge is 0.434 e. The number of nitrogens with one attached hydrogen (secondary N) is 1. The average Bonchev–Trinajstić information content (AvgIpc) is 2.96. The molecule has 0 bridgehead atoms. The number of ether oxygens (including phenoxy) is 1. The van der Waals surface area contributed by atoms with E-state index < -0.39 is 28.6 Å². The third-order valence-corrected chi connectivity index (χ3v) is 3.45. The second-order valence-electron chi connectivity index (χ2n) is 4.02. The fourth-order valence-electron chi connectivity index (χ4n) is 1.67. The number of thiazole rings is 1. The number of alkyl halides is 3. The predicted molar refractivity (Wildman–Crippen MR) is 72.9 cm³/mol. The highest BCUT2D eigenvalue weighted by Crippen LogP contribution is 2.33. The maximum Gasteiger partial charge on any atom is 0.434 e. The van der Waals surface area contributed by atoms with Crippen LogP contribution in [0.1, 0.15) is 25.7 Å². The Labute approximate surface area is 126 Å². The molecule has 0 spiro atoms. The van der Waals surface area contributed by atoms with Crippen LogP contribution in [-0.2, 0) is 10.9 Å². The van der Waals surface area contributed by atoms with Crippen molar-refractivity contribution >= 4 is 28.9 Å². The van der Waals surface area contributed by atoms with E-state index in [9.17, 15) is 22.8 Å². The van der Waals surface area contributed by atoms with E-state index in [2.05, 4.69) is 15.0 Å². The Balaban J connectivity index is 2.31. The van der Waals surface area contributed by atoms with Gasteiger partial charge in [0.25, 0.3) is 5.91 Å². The fraction of sp³-hybridized carbons (Fsp3) is 0.154. The summed E-state index contributed by atoms with van der Waals surface area (Å²) in [7, 11) is 1.16. The molecule has 9 heteroatoms. The van der Waals surface area contributed by atoms with Crippen molar-refractivity contribution in [2.24, 2.45) is 0 Å². The molecule has 0 atom stereocenters. The van der Waals surface area contributed by atoms with Gasteiger partial charge in [-0.25, -0.2) is 9.78 Å². The minimum absolute atomic E-state index is 0.0384. The lowest BCUT2D eigenvalue weighted by Crippen LogP contribution is -2.18. The molecule has 0 saturated heterocycles. The highest BCUT2D eigenvalue weighted by molar-refractivity contribution is 7.12. The first-order chi connectivity index (χ1) is 10.3. The van der Waals surface area contributed by atoms with Crippen molar-refractivity contribution in [1.29, 1.82) is 0 Å². The molecule has 0 aliphatic rings. The molecule has 2 aromatic rings. The third kappa shape index (κ3) is 3.25. The van der Waals surface area contributed by atoms with Crippen LogP contribution in [0.4, 0.5) is 18.9 Å². The minimum atomic E-state index is -4.73. The van der Waals surface area contributed by atoms with Gasteiger partial charge in [0.2, 0.25) is 0 Å². The number of nitrogens with zero attached hydrogens (tertiary/aromatic N) is 1. The predicted octanol–water partition coefficient (Wildman–Crippen LogP) is 3.20. The third-order valence-electron chi connectivity index (χ3n) is 2.62. The van der Waals surface area contributed by atoms with Gasteiger partial charge in [0.15, 0.2) is 5.69 Å². The minimum Gasteiger partial charge on any atom is -0.465 e. The number of esters is 1. The van der Waals surface area contributed by atoms with E-state index in [1.54, 1.807) is 0 Å². The number of benzene rings is 1. The summed E-state index contributed by atoms with van der Waals surface area (Å²) < 4.78 is 42.7. The Morgan fingerprint density at radius 1 is 1.27 bits per heavy atom. The summed E-state index contributed by atoms with van der Waals surface area (Å²) in [6.45, 7) is 0. The summed E-state index contributed by atoms with van der Waals surface area (Å²) in [5.41, 5.74) is -0.230. The molecule has 2 rings (SSSR count). The Morgan fingerprint density at radius 3 is 2.59 bits per heavy atom. The number of halogens is 3. The van der Waals surface area contributed by atoms with Gasteiger partial charge >= 0.3 is 12.1 Å². The number of hydrogen-bond donors (Lipinski definition) is 1. The molecule has 0 fully saturated rings. The van der Waals surface area contributed by atoms with Crippen LogP contribution in [0.15, 0.2) is 29.8 Å². The van der Waals surface area contributed by atoms with Crippen LogP contribution >= 0.6 is 11.3 Å². The highest BCUT2D eigenvalue weighted by atomic mass is 32.1. The van der Waals surface area contributed by atoms with Crippen LogP contribution in [-0.4, -0.2) is 24.0 Å². The average molecular weight is 330 g/mol. The molecule has 1 aromatic heterocycles. The molecule has 22 heavy (non-hydrogen) atoms. The van der Waals surface area contributed by atoms with E-state index in [0.29, 0.717) is 11.3 Å². The molecule has 0 aliphatic carbocycles. The molecule has 5 nitrogen and oxygen atoms in total. The maximum absolute atomic E-state index is 12.7. The van der Waals surface area contributed by atoms with Gasteiger partial charge in [0, 0.05) is 0 Å². The topological polar surface area (TPSA) is 68.3 Å². The quantitative estimate of drug-likeness (QED) is 0.878. The van der Waals surface area contributed by atoms with E-state index in [4.69, 9.17) is 0 Å². The number of carbonyl (C=O) groups excluding carboxylic acids is 2. The summed E-state index contributed by atoms with van der Waals surface area (Å²) in [4.78, 5) is 26.2. The molecule has 116 valence electrons. The Hall–Kier alpha value is -2.42. The number of aromatic nitrogens is 1.